The average Bonchev–Trinajstić information content (AvgIpc) is 2.81. The molecule has 2 fully saturated rings. The van der Waals surface area contributed by atoms with E-state index < -0.39 is 48.7 Å². The molecule has 2 saturated heterocycles. The van der Waals surface area contributed by atoms with Crippen molar-refractivity contribution >= 4 is 0 Å². The van der Waals surface area contributed by atoms with Gasteiger partial charge in [-0.05, 0) is 12.5 Å². The maximum atomic E-state index is 10.7. The third-order valence-corrected chi connectivity index (χ3v) is 5.65. The van der Waals surface area contributed by atoms with Crippen LogP contribution < -0.4 is 0 Å². The van der Waals surface area contributed by atoms with Crippen molar-refractivity contribution in [3.63, 3.8) is 0 Å². The fourth-order valence-corrected chi connectivity index (χ4v) is 3.82. The van der Waals surface area contributed by atoms with Crippen LogP contribution in [0, 0.1) is 0 Å². The number of aliphatic hydroxyl groups is 4. The Balaban J connectivity index is 1.37. The lowest BCUT2D eigenvalue weighted by Gasteiger charge is -2.46. The number of benzene rings is 2. The van der Waals surface area contributed by atoms with Gasteiger partial charge in [-0.15, -0.1) is 0 Å². The van der Waals surface area contributed by atoms with E-state index in [0.29, 0.717) is 5.56 Å². The van der Waals surface area contributed by atoms with Gasteiger partial charge in [0.2, 0.25) is 0 Å². The first-order valence-electron chi connectivity index (χ1n) is 10.3. The molecule has 8 heteroatoms. The number of aliphatic hydroxyl groups excluding tert-OH is 3. The topological polar surface area (TPSA) is 118 Å². The lowest BCUT2D eigenvalue weighted by atomic mass is 9.93. The Morgan fingerprint density at radius 2 is 1.65 bits per heavy atom. The number of fused-ring (bicyclic) bond motifs is 1. The summed E-state index contributed by atoms with van der Waals surface area (Å²) in [6, 6.07) is 18.0. The van der Waals surface area contributed by atoms with E-state index in [0.717, 1.165) is 5.56 Å². The highest BCUT2D eigenvalue weighted by atomic mass is 16.8. The molecule has 8 atom stereocenters. The van der Waals surface area contributed by atoms with Crippen LogP contribution in [0.25, 0.3) is 0 Å². The molecule has 0 spiro atoms. The van der Waals surface area contributed by atoms with Crippen LogP contribution in [0.5, 0.6) is 0 Å². The Bertz CT molecular complexity index is 828. The lowest BCUT2D eigenvalue weighted by molar-refractivity contribution is -0.365. The molecule has 0 aliphatic carbocycles. The average molecular weight is 432 g/mol. The molecular formula is C23H28O8. The molecule has 2 aromatic rings. The van der Waals surface area contributed by atoms with Crippen molar-refractivity contribution in [2.75, 3.05) is 13.2 Å². The summed E-state index contributed by atoms with van der Waals surface area (Å²) in [6.07, 6.45) is -7.24. The summed E-state index contributed by atoms with van der Waals surface area (Å²) in [5.74, 6) is 0. The maximum Gasteiger partial charge on any atom is 0.186 e. The highest BCUT2D eigenvalue weighted by molar-refractivity contribution is 5.20. The highest BCUT2D eigenvalue weighted by Gasteiger charge is 2.50. The Kier molecular flexibility index (Phi) is 6.71. The van der Waals surface area contributed by atoms with E-state index in [4.69, 9.17) is 18.9 Å². The summed E-state index contributed by atoms with van der Waals surface area (Å²) in [5, 5.41) is 42.3. The standard InChI is InChI=1S/C23H28O8/c1-23(27,20(26)14-8-4-2-5-9-14)13-29-22-18(25)17(24)19-16(30-22)12-28-21(31-19)15-10-6-3-7-11-15/h2-11,16-22,24-27H,12-13H2,1H3/t16-,17-,18-,19+,20+,21+,22-,23+/m1/s1. The van der Waals surface area contributed by atoms with Crippen LogP contribution in [0.15, 0.2) is 60.7 Å². The maximum absolute atomic E-state index is 10.7. The Labute approximate surface area is 180 Å². The quantitative estimate of drug-likeness (QED) is 0.535. The fraction of sp³-hybridized carbons (Fsp3) is 0.478. The molecule has 0 amide bonds. The second-order valence-electron chi connectivity index (χ2n) is 8.18. The summed E-state index contributed by atoms with van der Waals surface area (Å²) in [7, 11) is 0. The SMILES string of the molecule is C[C@](O)(CO[C@@H]1O[C@@H]2CO[C@H](c3ccccc3)O[C@@H]2[C@H](O)[C@H]1O)[C@@H](O)c1ccccc1. The monoisotopic (exact) mass is 432 g/mol. The lowest BCUT2D eigenvalue weighted by Crippen LogP contribution is -2.62. The van der Waals surface area contributed by atoms with E-state index in [2.05, 4.69) is 0 Å². The minimum atomic E-state index is -1.65. The van der Waals surface area contributed by atoms with Gasteiger partial charge >= 0.3 is 0 Å². The van der Waals surface area contributed by atoms with Crippen LogP contribution in [-0.2, 0) is 18.9 Å². The molecule has 0 aromatic heterocycles. The minimum Gasteiger partial charge on any atom is -0.387 e. The first kappa shape index (κ1) is 22.3. The van der Waals surface area contributed by atoms with Gasteiger partial charge in [0, 0.05) is 5.56 Å². The first-order valence-corrected chi connectivity index (χ1v) is 10.3. The van der Waals surface area contributed by atoms with E-state index in [1.54, 1.807) is 24.3 Å². The van der Waals surface area contributed by atoms with Crippen LogP contribution in [0.1, 0.15) is 30.4 Å². The summed E-state index contributed by atoms with van der Waals surface area (Å²) in [5.41, 5.74) is -0.321. The Morgan fingerprint density at radius 3 is 2.32 bits per heavy atom. The van der Waals surface area contributed by atoms with Crippen molar-refractivity contribution in [3.05, 3.63) is 71.8 Å². The van der Waals surface area contributed by atoms with Crippen molar-refractivity contribution in [3.8, 4) is 0 Å². The number of rotatable bonds is 6. The molecule has 2 aromatic carbocycles. The highest BCUT2D eigenvalue weighted by Crippen LogP contribution is 2.35. The van der Waals surface area contributed by atoms with Gasteiger partial charge in [-0.25, -0.2) is 0 Å². The smallest absolute Gasteiger partial charge is 0.186 e. The van der Waals surface area contributed by atoms with Gasteiger partial charge in [0.25, 0.3) is 0 Å². The number of hydrogen-bond donors (Lipinski definition) is 4. The molecule has 8 nitrogen and oxygen atoms in total. The zero-order valence-corrected chi connectivity index (χ0v) is 17.2. The van der Waals surface area contributed by atoms with Crippen molar-refractivity contribution in [2.45, 2.75) is 55.6 Å². The summed E-state index contributed by atoms with van der Waals surface area (Å²) in [6.45, 7) is 1.23. The third kappa shape index (κ3) is 4.82. The molecule has 0 bridgehead atoms. The van der Waals surface area contributed by atoms with Gasteiger partial charge in [0.05, 0.1) is 13.2 Å². The van der Waals surface area contributed by atoms with Crippen molar-refractivity contribution in [1.82, 2.24) is 0 Å². The zero-order valence-electron chi connectivity index (χ0n) is 17.2. The third-order valence-electron chi connectivity index (χ3n) is 5.65. The van der Waals surface area contributed by atoms with Gasteiger partial charge in [0.1, 0.15) is 36.1 Å². The Morgan fingerprint density at radius 1 is 1.00 bits per heavy atom. The second-order valence-corrected chi connectivity index (χ2v) is 8.18. The van der Waals surface area contributed by atoms with E-state index in [1.165, 1.54) is 6.92 Å². The van der Waals surface area contributed by atoms with Crippen molar-refractivity contribution in [1.29, 1.82) is 0 Å². The first-order chi connectivity index (χ1) is 14.9. The van der Waals surface area contributed by atoms with Crippen LogP contribution in [0.4, 0.5) is 0 Å². The molecule has 2 aliphatic rings. The van der Waals surface area contributed by atoms with E-state index >= 15 is 0 Å². The van der Waals surface area contributed by atoms with E-state index in [1.807, 2.05) is 36.4 Å². The van der Waals surface area contributed by atoms with Crippen LogP contribution in [0.2, 0.25) is 0 Å². The van der Waals surface area contributed by atoms with Crippen LogP contribution in [0.3, 0.4) is 0 Å². The fourth-order valence-electron chi connectivity index (χ4n) is 3.82. The van der Waals surface area contributed by atoms with Crippen molar-refractivity contribution in [2.24, 2.45) is 0 Å². The number of hydrogen-bond acceptors (Lipinski definition) is 8. The number of ether oxygens (including phenoxy) is 4. The molecular weight excluding hydrogens is 404 g/mol. The molecule has 2 heterocycles. The molecule has 168 valence electrons. The predicted molar refractivity (Wildman–Crippen MR) is 109 cm³/mol. The van der Waals surface area contributed by atoms with Gasteiger partial charge in [-0.1, -0.05) is 60.7 Å². The Hall–Kier alpha value is -1.88. The van der Waals surface area contributed by atoms with Gasteiger partial charge in [0.15, 0.2) is 12.6 Å². The molecule has 31 heavy (non-hydrogen) atoms. The van der Waals surface area contributed by atoms with Gasteiger partial charge in [-0.2, -0.15) is 0 Å². The summed E-state index contributed by atoms with van der Waals surface area (Å²) in [4.78, 5) is 0. The zero-order chi connectivity index (χ0) is 22.0. The molecule has 0 saturated carbocycles. The molecule has 4 rings (SSSR count). The van der Waals surface area contributed by atoms with Gasteiger partial charge in [-0.3, -0.25) is 0 Å². The molecule has 0 unspecified atom stereocenters. The predicted octanol–water partition coefficient (Wildman–Crippen LogP) is 1.05. The summed E-state index contributed by atoms with van der Waals surface area (Å²) < 4.78 is 22.9. The van der Waals surface area contributed by atoms with E-state index in [-0.39, 0.29) is 13.2 Å². The molecule has 2 aliphatic heterocycles. The van der Waals surface area contributed by atoms with Crippen LogP contribution >= 0.6 is 0 Å². The molecule has 4 N–H and O–H groups in total. The van der Waals surface area contributed by atoms with Gasteiger partial charge < -0.3 is 39.4 Å². The molecule has 0 radical (unpaired) electrons. The largest absolute Gasteiger partial charge is 0.387 e. The minimum absolute atomic E-state index is 0.136. The van der Waals surface area contributed by atoms with Crippen molar-refractivity contribution < 1.29 is 39.4 Å². The van der Waals surface area contributed by atoms with Crippen LogP contribution in [-0.4, -0.2) is 69.9 Å². The summed E-state index contributed by atoms with van der Waals surface area (Å²) >= 11 is 0. The second kappa shape index (κ2) is 9.32. The normalized spacial score (nSPS) is 33.8. The van der Waals surface area contributed by atoms with E-state index in [9.17, 15) is 20.4 Å².